The summed E-state index contributed by atoms with van der Waals surface area (Å²) < 4.78 is 0. The Kier molecular flexibility index (Phi) is 6.79. The zero-order valence-corrected chi connectivity index (χ0v) is 18.1. The molecule has 30 heavy (non-hydrogen) atoms. The monoisotopic (exact) mass is 441 g/mol. The van der Waals surface area contributed by atoms with Gasteiger partial charge in [0.15, 0.2) is 0 Å². The van der Waals surface area contributed by atoms with Crippen molar-refractivity contribution in [1.82, 2.24) is 15.2 Å². The normalized spacial score (nSPS) is 15.3. The molecule has 1 aliphatic rings. The molecule has 2 N–H and O–H groups in total. The highest BCUT2D eigenvalue weighted by Gasteiger charge is 2.17. The van der Waals surface area contributed by atoms with Crippen LogP contribution in [0.1, 0.15) is 34.5 Å². The SMILES string of the molecule is O=C(NCc1ccc(CN2CCC(O)CC2)cc1)c1csc(-c2ccc(Cl)cc2)n1. The Bertz CT molecular complexity index is 980. The van der Waals surface area contributed by atoms with Gasteiger partial charge in [0.05, 0.1) is 6.10 Å². The topological polar surface area (TPSA) is 65.5 Å². The number of nitrogens with one attached hydrogen (secondary N) is 1. The lowest BCUT2D eigenvalue weighted by atomic mass is 10.1. The van der Waals surface area contributed by atoms with Gasteiger partial charge >= 0.3 is 0 Å². The standard InChI is InChI=1S/C23H24ClN3O2S/c24-19-7-5-18(6-8-19)23-26-21(15-30-23)22(29)25-13-16-1-3-17(4-2-16)14-27-11-9-20(28)10-12-27/h1-8,15,20,28H,9-14H2,(H,25,29). The lowest BCUT2D eigenvalue weighted by Crippen LogP contribution is -2.35. The number of aliphatic hydroxyl groups excluding tert-OH is 1. The Hall–Kier alpha value is -2.25. The first-order valence-electron chi connectivity index (χ1n) is 10.0. The number of hydrogen-bond acceptors (Lipinski definition) is 5. The molecule has 0 bridgehead atoms. The lowest BCUT2D eigenvalue weighted by molar-refractivity contribution is 0.0792. The Morgan fingerprint density at radius 3 is 2.47 bits per heavy atom. The van der Waals surface area contributed by atoms with E-state index in [1.165, 1.54) is 16.9 Å². The van der Waals surface area contributed by atoms with Gasteiger partial charge in [0.25, 0.3) is 5.91 Å². The van der Waals surface area contributed by atoms with E-state index in [1.807, 2.05) is 24.3 Å². The van der Waals surface area contributed by atoms with E-state index >= 15 is 0 Å². The number of aromatic nitrogens is 1. The van der Waals surface area contributed by atoms with Crippen LogP contribution in [-0.2, 0) is 13.1 Å². The molecular formula is C23H24ClN3O2S. The summed E-state index contributed by atoms with van der Waals surface area (Å²) in [7, 11) is 0. The summed E-state index contributed by atoms with van der Waals surface area (Å²) >= 11 is 7.37. The van der Waals surface area contributed by atoms with Gasteiger partial charge < -0.3 is 10.4 Å². The average Bonchev–Trinajstić information content (AvgIpc) is 3.25. The number of aliphatic hydroxyl groups is 1. The summed E-state index contributed by atoms with van der Waals surface area (Å²) in [5.74, 6) is -0.178. The molecule has 1 aromatic heterocycles. The first-order valence-corrected chi connectivity index (χ1v) is 11.3. The number of hydrogen-bond donors (Lipinski definition) is 2. The van der Waals surface area contributed by atoms with Crippen LogP contribution in [0.25, 0.3) is 10.6 Å². The quantitative estimate of drug-likeness (QED) is 0.596. The molecule has 1 amide bonds. The highest BCUT2D eigenvalue weighted by Crippen LogP contribution is 2.25. The van der Waals surface area contributed by atoms with Crippen molar-refractivity contribution < 1.29 is 9.90 Å². The summed E-state index contributed by atoms with van der Waals surface area (Å²) in [5.41, 5.74) is 3.67. The van der Waals surface area contributed by atoms with Crippen molar-refractivity contribution in [3.05, 3.63) is 75.8 Å². The van der Waals surface area contributed by atoms with Gasteiger partial charge in [-0.25, -0.2) is 4.98 Å². The third-order valence-electron chi connectivity index (χ3n) is 5.27. The average molecular weight is 442 g/mol. The van der Waals surface area contributed by atoms with Crippen molar-refractivity contribution in [1.29, 1.82) is 0 Å². The molecule has 2 aromatic carbocycles. The van der Waals surface area contributed by atoms with Crippen molar-refractivity contribution in [3.63, 3.8) is 0 Å². The number of benzene rings is 2. The van der Waals surface area contributed by atoms with Crippen molar-refractivity contribution in [2.75, 3.05) is 13.1 Å². The first kappa shape index (κ1) is 21.0. The van der Waals surface area contributed by atoms with Gasteiger partial charge in [-0.05, 0) is 36.1 Å². The molecule has 0 spiro atoms. The van der Waals surface area contributed by atoms with Crippen molar-refractivity contribution in [2.24, 2.45) is 0 Å². The summed E-state index contributed by atoms with van der Waals surface area (Å²) in [4.78, 5) is 19.3. The van der Waals surface area contributed by atoms with Crippen LogP contribution < -0.4 is 5.32 Å². The van der Waals surface area contributed by atoms with Crippen molar-refractivity contribution >= 4 is 28.8 Å². The van der Waals surface area contributed by atoms with Gasteiger partial charge in [0, 0.05) is 42.1 Å². The van der Waals surface area contributed by atoms with Gasteiger partial charge in [-0.1, -0.05) is 48.0 Å². The molecule has 3 aromatic rings. The second-order valence-corrected chi connectivity index (χ2v) is 8.85. The number of carbonyl (C=O) groups is 1. The third-order valence-corrected chi connectivity index (χ3v) is 6.41. The number of piperidine rings is 1. The van der Waals surface area contributed by atoms with Crippen LogP contribution in [0.2, 0.25) is 5.02 Å². The van der Waals surface area contributed by atoms with Crippen molar-refractivity contribution in [2.45, 2.75) is 32.0 Å². The molecule has 156 valence electrons. The van der Waals surface area contributed by atoms with Crippen LogP contribution >= 0.6 is 22.9 Å². The van der Waals surface area contributed by atoms with Crippen LogP contribution in [0.3, 0.4) is 0 Å². The Balaban J connectivity index is 1.29. The smallest absolute Gasteiger partial charge is 0.271 e. The van der Waals surface area contributed by atoms with Gasteiger partial charge in [0.2, 0.25) is 0 Å². The second-order valence-electron chi connectivity index (χ2n) is 7.55. The third kappa shape index (κ3) is 5.46. The van der Waals surface area contributed by atoms with Crippen LogP contribution in [-0.4, -0.2) is 40.1 Å². The van der Waals surface area contributed by atoms with E-state index in [4.69, 9.17) is 11.6 Å². The fraction of sp³-hybridized carbons (Fsp3) is 0.304. The summed E-state index contributed by atoms with van der Waals surface area (Å²) in [5, 5.41) is 15.8. The van der Waals surface area contributed by atoms with Crippen LogP contribution in [0.4, 0.5) is 0 Å². The summed E-state index contributed by atoms with van der Waals surface area (Å²) in [6.07, 6.45) is 1.55. The fourth-order valence-corrected chi connectivity index (χ4v) is 4.41. The first-order chi connectivity index (χ1) is 14.6. The Morgan fingerprint density at radius 2 is 1.77 bits per heavy atom. The molecule has 0 saturated carbocycles. The van der Waals surface area contributed by atoms with Gasteiger partial charge in [-0.3, -0.25) is 9.69 Å². The number of rotatable bonds is 6. The zero-order valence-electron chi connectivity index (χ0n) is 16.6. The van der Waals surface area contributed by atoms with E-state index < -0.39 is 0 Å². The van der Waals surface area contributed by atoms with E-state index in [-0.39, 0.29) is 12.0 Å². The molecule has 0 aliphatic carbocycles. The predicted molar refractivity (Wildman–Crippen MR) is 121 cm³/mol. The number of amides is 1. The molecule has 1 fully saturated rings. The molecule has 5 nitrogen and oxygen atoms in total. The van der Waals surface area contributed by atoms with E-state index in [9.17, 15) is 9.90 Å². The predicted octanol–water partition coefficient (Wildman–Crippen LogP) is 4.35. The maximum absolute atomic E-state index is 12.5. The molecular weight excluding hydrogens is 418 g/mol. The van der Waals surface area contributed by atoms with E-state index in [0.717, 1.165) is 48.6 Å². The number of carbonyl (C=O) groups excluding carboxylic acids is 1. The summed E-state index contributed by atoms with van der Waals surface area (Å²) in [6.45, 7) is 3.23. The lowest BCUT2D eigenvalue weighted by Gasteiger charge is -2.29. The van der Waals surface area contributed by atoms with E-state index in [1.54, 1.807) is 5.38 Å². The molecule has 0 atom stereocenters. The molecule has 1 aliphatic heterocycles. The minimum atomic E-state index is -0.178. The zero-order chi connectivity index (χ0) is 20.9. The highest BCUT2D eigenvalue weighted by atomic mass is 35.5. The molecule has 7 heteroatoms. The molecule has 0 radical (unpaired) electrons. The van der Waals surface area contributed by atoms with Crippen LogP contribution in [0, 0.1) is 0 Å². The second kappa shape index (κ2) is 9.71. The number of halogens is 1. The highest BCUT2D eigenvalue weighted by molar-refractivity contribution is 7.13. The van der Waals surface area contributed by atoms with Crippen molar-refractivity contribution in [3.8, 4) is 10.6 Å². The van der Waals surface area contributed by atoms with Crippen LogP contribution in [0.15, 0.2) is 53.9 Å². The number of nitrogens with zero attached hydrogens (tertiary/aromatic N) is 2. The minimum Gasteiger partial charge on any atom is -0.393 e. The number of likely N-dealkylation sites (tertiary alicyclic amines) is 1. The summed E-state index contributed by atoms with van der Waals surface area (Å²) in [6, 6.07) is 15.7. The molecule has 4 rings (SSSR count). The molecule has 1 saturated heterocycles. The van der Waals surface area contributed by atoms with E-state index in [2.05, 4.69) is 39.5 Å². The molecule has 0 unspecified atom stereocenters. The Morgan fingerprint density at radius 1 is 1.10 bits per heavy atom. The van der Waals surface area contributed by atoms with Gasteiger partial charge in [-0.15, -0.1) is 11.3 Å². The maximum Gasteiger partial charge on any atom is 0.271 e. The Labute approximate surface area is 185 Å². The van der Waals surface area contributed by atoms with E-state index in [0.29, 0.717) is 17.3 Å². The van der Waals surface area contributed by atoms with Crippen LogP contribution in [0.5, 0.6) is 0 Å². The number of thiazole rings is 1. The molecule has 2 heterocycles. The maximum atomic E-state index is 12.5. The van der Waals surface area contributed by atoms with Gasteiger partial charge in [0.1, 0.15) is 10.7 Å². The van der Waals surface area contributed by atoms with Gasteiger partial charge in [-0.2, -0.15) is 0 Å². The minimum absolute atomic E-state index is 0.146. The fourth-order valence-electron chi connectivity index (χ4n) is 3.47. The largest absolute Gasteiger partial charge is 0.393 e.